The van der Waals surface area contributed by atoms with Gasteiger partial charge in [-0.2, -0.15) is 5.10 Å². The number of nitrogens with zero attached hydrogens (tertiary/aromatic N) is 5. The predicted octanol–water partition coefficient (Wildman–Crippen LogP) is 5.23. The van der Waals surface area contributed by atoms with E-state index in [0.717, 1.165) is 11.1 Å². The molecule has 2 aromatic carbocycles. The number of amides is 1. The number of ether oxygens (including phenoxy) is 1. The number of benzene rings is 2. The molecule has 11 heteroatoms. The second-order valence-electron chi connectivity index (χ2n) is 10.7. The number of pyridine rings is 1. The summed E-state index contributed by atoms with van der Waals surface area (Å²) in [6, 6.07) is 13.6. The van der Waals surface area contributed by atoms with Crippen LogP contribution in [-0.4, -0.2) is 39.1 Å². The SMILES string of the molecule is Cc1cc(CC(=O)Nc2cnn(C(C)(C)C)c2)ccc1Oc1ccnc2ccc(S(=O)(=O)Cc3ncccn3)cc12. The number of anilines is 1. The Hall–Kier alpha value is -4.64. The van der Waals surface area contributed by atoms with E-state index in [9.17, 15) is 13.2 Å². The van der Waals surface area contributed by atoms with Crippen molar-refractivity contribution in [3.63, 3.8) is 0 Å². The van der Waals surface area contributed by atoms with Crippen molar-refractivity contribution in [3.8, 4) is 11.5 Å². The van der Waals surface area contributed by atoms with E-state index < -0.39 is 9.84 Å². The minimum absolute atomic E-state index is 0.126. The summed E-state index contributed by atoms with van der Waals surface area (Å²) in [7, 11) is -3.70. The summed E-state index contributed by atoms with van der Waals surface area (Å²) in [6.07, 6.45) is 8.26. The van der Waals surface area contributed by atoms with Crippen molar-refractivity contribution in [2.24, 2.45) is 0 Å². The topological polar surface area (TPSA) is 129 Å². The molecule has 0 aliphatic heterocycles. The molecule has 210 valence electrons. The first kappa shape index (κ1) is 27.9. The Morgan fingerprint density at radius 2 is 1.76 bits per heavy atom. The van der Waals surface area contributed by atoms with Crippen LogP contribution < -0.4 is 10.1 Å². The van der Waals surface area contributed by atoms with Crippen LogP contribution in [0.2, 0.25) is 0 Å². The summed E-state index contributed by atoms with van der Waals surface area (Å²) in [5.41, 5.74) is 2.71. The van der Waals surface area contributed by atoms with Crippen LogP contribution in [0, 0.1) is 6.92 Å². The van der Waals surface area contributed by atoms with Crippen molar-refractivity contribution in [1.29, 1.82) is 0 Å². The van der Waals surface area contributed by atoms with Crippen molar-refractivity contribution in [1.82, 2.24) is 24.7 Å². The molecule has 0 atom stereocenters. The maximum atomic E-state index is 13.1. The van der Waals surface area contributed by atoms with E-state index in [1.54, 1.807) is 47.4 Å². The molecule has 0 saturated carbocycles. The molecule has 1 amide bonds. The van der Waals surface area contributed by atoms with Gasteiger partial charge in [-0.3, -0.25) is 14.5 Å². The Morgan fingerprint density at radius 3 is 2.46 bits per heavy atom. The number of aryl methyl sites for hydroxylation is 1. The standard InChI is InChI=1S/C30H30N6O4S/c1-20-14-21(15-29(37)35-22-17-34-36(18-22)30(2,3)4)6-9-26(20)40-27-10-13-31-25-8-7-23(16-24(25)27)41(38,39)19-28-32-11-5-12-33-28/h5-14,16-18H,15,19H2,1-4H3,(H,35,37). The van der Waals surface area contributed by atoms with Crippen LogP contribution in [0.1, 0.15) is 37.7 Å². The second kappa shape index (κ2) is 11.1. The minimum atomic E-state index is -3.70. The first-order valence-electron chi connectivity index (χ1n) is 13.0. The molecular weight excluding hydrogens is 540 g/mol. The van der Waals surface area contributed by atoms with Crippen LogP contribution in [0.4, 0.5) is 5.69 Å². The van der Waals surface area contributed by atoms with Crippen LogP contribution in [0.5, 0.6) is 11.5 Å². The second-order valence-corrected chi connectivity index (χ2v) is 12.7. The molecule has 0 saturated heterocycles. The molecule has 0 fully saturated rings. The summed E-state index contributed by atoms with van der Waals surface area (Å²) in [5, 5.41) is 7.76. The Bertz CT molecular complexity index is 1830. The number of sulfone groups is 1. The van der Waals surface area contributed by atoms with Gasteiger partial charge in [-0.25, -0.2) is 18.4 Å². The minimum Gasteiger partial charge on any atom is -0.456 e. The fourth-order valence-corrected chi connectivity index (χ4v) is 5.47. The first-order chi connectivity index (χ1) is 19.5. The molecule has 3 aromatic heterocycles. The number of aromatic nitrogens is 5. The molecule has 5 rings (SSSR count). The Kier molecular flexibility index (Phi) is 7.55. The highest BCUT2D eigenvalue weighted by molar-refractivity contribution is 7.90. The third kappa shape index (κ3) is 6.58. The number of rotatable bonds is 8. The summed E-state index contributed by atoms with van der Waals surface area (Å²) >= 11 is 0. The van der Waals surface area contributed by atoms with Gasteiger partial charge in [-0.15, -0.1) is 0 Å². The maximum Gasteiger partial charge on any atom is 0.228 e. The van der Waals surface area contributed by atoms with E-state index in [4.69, 9.17) is 4.74 Å². The molecule has 0 aliphatic carbocycles. The van der Waals surface area contributed by atoms with Gasteiger partial charge in [0.1, 0.15) is 23.1 Å². The molecule has 0 aliphatic rings. The molecule has 3 heterocycles. The van der Waals surface area contributed by atoms with Crippen LogP contribution in [0.25, 0.3) is 10.9 Å². The van der Waals surface area contributed by atoms with Crippen molar-refractivity contribution >= 4 is 32.3 Å². The summed E-state index contributed by atoms with van der Waals surface area (Å²) in [6.45, 7) is 8.00. The summed E-state index contributed by atoms with van der Waals surface area (Å²) in [4.78, 5) is 25.2. The molecule has 0 unspecified atom stereocenters. The smallest absolute Gasteiger partial charge is 0.228 e. The lowest BCUT2D eigenvalue weighted by atomic mass is 10.1. The van der Waals surface area contributed by atoms with E-state index in [1.807, 2.05) is 46.0 Å². The molecular formula is C30H30N6O4S. The summed E-state index contributed by atoms with van der Waals surface area (Å²) in [5.74, 6) is 0.801. The van der Waals surface area contributed by atoms with Gasteiger partial charge in [0.2, 0.25) is 5.91 Å². The van der Waals surface area contributed by atoms with Crippen molar-refractivity contribution in [2.45, 2.75) is 50.3 Å². The lowest BCUT2D eigenvalue weighted by Gasteiger charge is -2.18. The molecule has 0 radical (unpaired) electrons. The lowest BCUT2D eigenvalue weighted by Crippen LogP contribution is -2.22. The highest BCUT2D eigenvalue weighted by Gasteiger charge is 2.19. The molecule has 10 nitrogen and oxygen atoms in total. The van der Waals surface area contributed by atoms with Gasteiger partial charge in [-0.1, -0.05) is 12.1 Å². The van der Waals surface area contributed by atoms with Crippen LogP contribution in [-0.2, 0) is 32.3 Å². The van der Waals surface area contributed by atoms with E-state index in [0.29, 0.717) is 28.1 Å². The number of carbonyl (C=O) groups is 1. The molecule has 0 spiro atoms. The zero-order chi connectivity index (χ0) is 29.2. The van der Waals surface area contributed by atoms with Crippen molar-refractivity contribution < 1.29 is 17.9 Å². The molecule has 41 heavy (non-hydrogen) atoms. The van der Waals surface area contributed by atoms with Crippen molar-refractivity contribution in [3.05, 3.63) is 96.5 Å². The number of carbonyl (C=O) groups excluding carboxylic acids is 1. The number of hydrogen-bond acceptors (Lipinski definition) is 8. The normalized spacial score (nSPS) is 11.9. The van der Waals surface area contributed by atoms with Crippen LogP contribution in [0.15, 0.2) is 84.4 Å². The number of fused-ring (bicyclic) bond motifs is 1. The average Bonchev–Trinajstić information content (AvgIpc) is 3.39. The Morgan fingerprint density at radius 1 is 0.976 bits per heavy atom. The summed E-state index contributed by atoms with van der Waals surface area (Å²) < 4.78 is 34.2. The van der Waals surface area contributed by atoms with Gasteiger partial charge in [0.15, 0.2) is 9.84 Å². The Balaban J connectivity index is 1.32. The first-order valence-corrected chi connectivity index (χ1v) is 14.6. The molecule has 1 N–H and O–H groups in total. The third-order valence-corrected chi connectivity index (χ3v) is 7.96. The average molecular weight is 571 g/mol. The molecule has 0 bridgehead atoms. The van der Waals surface area contributed by atoms with Crippen molar-refractivity contribution in [2.75, 3.05) is 5.32 Å². The zero-order valence-electron chi connectivity index (χ0n) is 23.2. The van der Waals surface area contributed by atoms with E-state index in [1.165, 1.54) is 18.5 Å². The monoisotopic (exact) mass is 570 g/mol. The van der Waals surface area contributed by atoms with Crippen LogP contribution >= 0.6 is 0 Å². The Labute approximate surface area is 238 Å². The van der Waals surface area contributed by atoms with E-state index in [-0.39, 0.29) is 34.3 Å². The largest absolute Gasteiger partial charge is 0.456 e. The van der Waals surface area contributed by atoms with Gasteiger partial charge in [0, 0.05) is 30.2 Å². The lowest BCUT2D eigenvalue weighted by molar-refractivity contribution is -0.115. The maximum absolute atomic E-state index is 13.1. The fraction of sp³-hybridized carbons (Fsp3) is 0.233. The molecule has 5 aromatic rings. The number of hydrogen-bond donors (Lipinski definition) is 1. The van der Waals surface area contributed by atoms with Gasteiger partial charge >= 0.3 is 0 Å². The number of nitrogens with one attached hydrogen (secondary N) is 1. The highest BCUT2D eigenvalue weighted by Crippen LogP contribution is 2.33. The predicted molar refractivity (Wildman–Crippen MR) is 155 cm³/mol. The van der Waals surface area contributed by atoms with E-state index >= 15 is 0 Å². The zero-order valence-corrected chi connectivity index (χ0v) is 24.0. The van der Waals surface area contributed by atoms with Gasteiger partial charge in [0.25, 0.3) is 0 Å². The highest BCUT2D eigenvalue weighted by atomic mass is 32.2. The third-order valence-electron chi connectivity index (χ3n) is 6.35. The van der Waals surface area contributed by atoms with Gasteiger partial charge in [-0.05, 0) is 75.2 Å². The quantitative estimate of drug-likeness (QED) is 0.268. The van der Waals surface area contributed by atoms with Gasteiger partial charge < -0.3 is 10.1 Å². The van der Waals surface area contributed by atoms with Crippen LogP contribution in [0.3, 0.4) is 0 Å². The van der Waals surface area contributed by atoms with E-state index in [2.05, 4.69) is 25.4 Å². The van der Waals surface area contributed by atoms with Gasteiger partial charge in [0.05, 0.1) is 34.3 Å². The fourth-order valence-electron chi connectivity index (χ4n) is 4.24.